The van der Waals surface area contributed by atoms with Gasteiger partial charge in [0.25, 0.3) is 0 Å². The molecule has 1 aromatic rings. The summed E-state index contributed by atoms with van der Waals surface area (Å²) in [7, 11) is 2.10. The average Bonchev–Trinajstić information content (AvgIpc) is 2.35. The molecule has 2 unspecified atom stereocenters. The first kappa shape index (κ1) is 12.4. The Morgan fingerprint density at radius 2 is 1.65 bits per heavy atom. The zero-order valence-electron chi connectivity index (χ0n) is 10.7. The van der Waals surface area contributed by atoms with Crippen molar-refractivity contribution in [3.63, 3.8) is 0 Å². The van der Waals surface area contributed by atoms with Crippen molar-refractivity contribution in [1.82, 2.24) is 0 Å². The molecule has 1 aliphatic rings. The quantitative estimate of drug-likeness (QED) is 0.848. The van der Waals surface area contributed by atoms with Gasteiger partial charge in [-0.2, -0.15) is 0 Å². The molecule has 1 saturated carbocycles. The minimum atomic E-state index is -0.180. The lowest BCUT2D eigenvalue weighted by Crippen LogP contribution is -2.42. The summed E-state index contributed by atoms with van der Waals surface area (Å²) >= 11 is 0. The Kier molecular flexibility index (Phi) is 4.43. The summed E-state index contributed by atoms with van der Waals surface area (Å²) in [5.74, 6) is 0. The first-order valence-electron chi connectivity index (χ1n) is 6.75. The Hall–Kier alpha value is -1.02. The normalized spacial score (nSPS) is 26.0. The second-order valence-corrected chi connectivity index (χ2v) is 5.07. The highest BCUT2D eigenvalue weighted by Crippen LogP contribution is 2.25. The molecule has 2 rings (SSSR count). The zero-order chi connectivity index (χ0) is 12.1. The number of rotatable bonds is 2. The molecule has 1 aromatic carbocycles. The monoisotopic (exact) mass is 233 g/mol. The van der Waals surface area contributed by atoms with Gasteiger partial charge in [-0.3, -0.25) is 0 Å². The van der Waals surface area contributed by atoms with Crippen LogP contribution in [0.4, 0.5) is 5.69 Å². The van der Waals surface area contributed by atoms with E-state index < -0.39 is 0 Å². The van der Waals surface area contributed by atoms with E-state index in [0.29, 0.717) is 0 Å². The second-order valence-electron chi connectivity index (χ2n) is 5.07. The molecular formula is C15H23NO. The summed E-state index contributed by atoms with van der Waals surface area (Å²) in [6.07, 6.45) is 6.86. The Balaban J connectivity index is 2.07. The fourth-order valence-corrected chi connectivity index (χ4v) is 2.75. The summed E-state index contributed by atoms with van der Waals surface area (Å²) in [5.41, 5.74) is 1.21. The van der Waals surface area contributed by atoms with Gasteiger partial charge in [-0.1, -0.05) is 43.9 Å². The molecule has 1 aliphatic carbocycles. The maximum Gasteiger partial charge on any atom is 0.0743 e. The number of para-hydroxylation sites is 1. The molecule has 2 atom stereocenters. The Morgan fingerprint density at radius 1 is 1.00 bits per heavy atom. The van der Waals surface area contributed by atoms with Crippen molar-refractivity contribution in [1.29, 1.82) is 0 Å². The molecule has 0 heterocycles. The molecule has 0 spiro atoms. The summed E-state index contributed by atoms with van der Waals surface area (Å²) in [4.78, 5) is 2.25. The summed E-state index contributed by atoms with van der Waals surface area (Å²) in [5, 5.41) is 10.3. The molecule has 0 amide bonds. The molecule has 0 saturated heterocycles. The van der Waals surface area contributed by atoms with Gasteiger partial charge in [-0.25, -0.2) is 0 Å². The van der Waals surface area contributed by atoms with E-state index in [0.717, 1.165) is 12.8 Å². The zero-order valence-corrected chi connectivity index (χ0v) is 10.7. The molecule has 0 bridgehead atoms. The van der Waals surface area contributed by atoms with Gasteiger partial charge in [-0.15, -0.1) is 0 Å². The van der Waals surface area contributed by atoms with Crippen molar-refractivity contribution >= 4 is 5.69 Å². The number of anilines is 1. The SMILES string of the molecule is CN(c1ccccc1)C1CCCCCCC1O. The van der Waals surface area contributed by atoms with Crippen LogP contribution in [0.25, 0.3) is 0 Å². The van der Waals surface area contributed by atoms with Gasteiger partial charge in [0, 0.05) is 12.7 Å². The molecule has 94 valence electrons. The topological polar surface area (TPSA) is 23.5 Å². The molecule has 0 aromatic heterocycles. The van der Waals surface area contributed by atoms with Crippen molar-refractivity contribution < 1.29 is 5.11 Å². The molecule has 2 heteroatoms. The maximum atomic E-state index is 10.3. The van der Waals surface area contributed by atoms with E-state index in [1.54, 1.807) is 0 Å². The largest absolute Gasteiger partial charge is 0.391 e. The van der Waals surface area contributed by atoms with Gasteiger partial charge in [0.05, 0.1) is 12.1 Å². The van der Waals surface area contributed by atoms with Gasteiger partial charge in [0.2, 0.25) is 0 Å². The third-order valence-corrected chi connectivity index (χ3v) is 3.85. The Labute approximate surface area is 104 Å². The van der Waals surface area contributed by atoms with Gasteiger partial charge in [0.15, 0.2) is 0 Å². The molecular weight excluding hydrogens is 210 g/mol. The van der Waals surface area contributed by atoms with Crippen LogP contribution >= 0.6 is 0 Å². The Morgan fingerprint density at radius 3 is 2.35 bits per heavy atom. The van der Waals surface area contributed by atoms with E-state index >= 15 is 0 Å². The average molecular weight is 233 g/mol. The van der Waals surface area contributed by atoms with Crippen LogP contribution in [0.1, 0.15) is 38.5 Å². The molecule has 0 radical (unpaired) electrons. The number of aliphatic hydroxyl groups excluding tert-OH is 1. The number of hydrogen-bond acceptors (Lipinski definition) is 2. The van der Waals surface area contributed by atoms with E-state index in [-0.39, 0.29) is 12.1 Å². The predicted octanol–water partition coefficient (Wildman–Crippen LogP) is 3.21. The van der Waals surface area contributed by atoms with E-state index in [4.69, 9.17) is 0 Å². The smallest absolute Gasteiger partial charge is 0.0743 e. The van der Waals surface area contributed by atoms with Crippen molar-refractivity contribution in [2.75, 3.05) is 11.9 Å². The van der Waals surface area contributed by atoms with Gasteiger partial charge in [0.1, 0.15) is 0 Å². The molecule has 1 N–H and O–H groups in total. The molecule has 17 heavy (non-hydrogen) atoms. The minimum Gasteiger partial charge on any atom is -0.391 e. The fraction of sp³-hybridized carbons (Fsp3) is 0.600. The van der Waals surface area contributed by atoms with Crippen LogP contribution in [0.3, 0.4) is 0 Å². The second kappa shape index (κ2) is 6.06. The Bertz CT molecular complexity index is 325. The van der Waals surface area contributed by atoms with Gasteiger partial charge < -0.3 is 10.0 Å². The fourth-order valence-electron chi connectivity index (χ4n) is 2.75. The highest BCUT2D eigenvalue weighted by molar-refractivity contribution is 5.46. The lowest BCUT2D eigenvalue weighted by molar-refractivity contribution is 0.118. The van der Waals surface area contributed by atoms with Crippen LogP contribution < -0.4 is 4.90 Å². The van der Waals surface area contributed by atoms with E-state index in [1.165, 1.54) is 31.4 Å². The van der Waals surface area contributed by atoms with Crippen LogP contribution in [-0.4, -0.2) is 24.3 Å². The highest BCUT2D eigenvalue weighted by Gasteiger charge is 2.24. The highest BCUT2D eigenvalue weighted by atomic mass is 16.3. The molecule has 2 nitrogen and oxygen atoms in total. The number of nitrogens with zero attached hydrogens (tertiary/aromatic N) is 1. The van der Waals surface area contributed by atoms with Gasteiger partial charge in [-0.05, 0) is 25.0 Å². The number of likely N-dealkylation sites (N-methyl/N-ethyl adjacent to an activating group) is 1. The van der Waals surface area contributed by atoms with Crippen molar-refractivity contribution in [3.05, 3.63) is 30.3 Å². The van der Waals surface area contributed by atoms with Crippen LogP contribution in [-0.2, 0) is 0 Å². The van der Waals surface area contributed by atoms with E-state index in [9.17, 15) is 5.11 Å². The van der Waals surface area contributed by atoms with Crippen molar-refractivity contribution in [2.45, 2.75) is 50.7 Å². The van der Waals surface area contributed by atoms with Crippen molar-refractivity contribution in [3.8, 4) is 0 Å². The lowest BCUT2D eigenvalue weighted by Gasteiger charge is -2.35. The van der Waals surface area contributed by atoms with Gasteiger partial charge >= 0.3 is 0 Å². The summed E-state index contributed by atoms with van der Waals surface area (Å²) in [6, 6.07) is 10.7. The van der Waals surface area contributed by atoms with Crippen LogP contribution in [0, 0.1) is 0 Å². The summed E-state index contributed by atoms with van der Waals surface area (Å²) < 4.78 is 0. The van der Waals surface area contributed by atoms with Crippen molar-refractivity contribution in [2.24, 2.45) is 0 Å². The molecule has 1 fully saturated rings. The lowest BCUT2D eigenvalue weighted by atomic mass is 9.93. The first-order valence-corrected chi connectivity index (χ1v) is 6.75. The van der Waals surface area contributed by atoms with E-state index in [2.05, 4.69) is 36.2 Å². The molecule has 0 aliphatic heterocycles. The standard InChI is InChI=1S/C15H23NO/c1-16(13-9-5-4-6-10-13)14-11-7-2-3-8-12-15(14)17/h4-6,9-10,14-15,17H,2-3,7-8,11-12H2,1H3. The minimum absolute atomic E-state index is 0.180. The number of benzene rings is 1. The third kappa shape index (κ3) is 3.22. The maximum absolute atomic E-state index is 10.3. The first-order chi connectivity index (χ1) is 8.29. The summed E-state index contributed by atoms with van der Waals surface area (Å²) in [6.45, 7) is 0. The predicted molar refractivity (Wildman–Crippen MR) is 72.3 cm³/mol. The third-order valence-electron chi connectivity index (χ3n) is 3.85. The van der Waals surface area contributed by atoms with Crippen LogP contribution in [0.2, 0.25) is 0 Å². The number of hydrogen-bond donors (Lipinski definition) is 1. The van der Waals surface area contributed by atoms with Crippen LogP contribution in [0.5, 0.6) is 0 Å². The van der Waals surface area contributed by atoms with E-state index in [1.807, 2.05) is 6.07 Å². The van der Waals surface area contributed by atoms with Crippen LogP contribution in [0.15, 0.2) is 30.3 Å². The number of aliphatic hydroxyl groups is 1.